The lowest BCUT2D eigenvalue weighted by molar-refractivity contribution is -0.142. The zero-order chi connectivity index (χ0) is 16.6. The van der Waals surface area contributed by atoms with E-state index in [0.717, 1.165) is 19.3 Å². The highest BCUT2D eigenvalue weighted by molar-refractivity contribution is 6.32. The third kappa shape index (κ3) is 2.87. The normalized spacial score (nSPS) is 26.2. The van der Waals surface area contributed by atoms with Gasteiger partial charge in [-0.15, -0.1) is 0 Å². The first-order chi connectivity index (χ1) is 11.0. The van der Waals surface area contributed by atoms with Gasteiger partial charge in [0.1, 0.15) is 11.1 Å². The fourth-order valence-electron chi connectivity index (χ4n) is 3.78. The molecule has 3 atom stereocenters. The first kappa shape index (κ1) is 16.1. The largest absolute Gasteiger partial charge is 0.480 e. The van der Waals surface area contributed by atoms with Crippen molar-refractivity contribution in [3.8, 4) is 5.88 Å². The van der Waals surface area contributed by atoms with Gasteiger partial charge in [0.2, 0.25) is 5.88 Å². The highest BCUT2D eigenvalue weighted by Gasteiger charge is 2.49. The number of fused-ring (bicyclic) bond motifs is 1. The van der Waals surface area contributed by atoms with Crippen LogP contribution in [0.1, 0.15) is 36.5 Å². The van der Waals surface area contributed by atoms with Crippen LogP contribution in [0.5, 0.6) is 5.88 Å². The van der Waals surface area contributed by atoms with Gasteiger partial charge >= 0.3 is 5.97 Å². The number of aromatic nitrogens is 1. The number of carbonyl (C=O) groups excluding carboxylic acids is 1. The van der Waals surface area contributed by atoms with Crippen molar-refractivity contribution in [2.45, 2.75) is 32.2 Å². The van der Waals surface area contributed by atoms with E-state index in [1.807, 2.05) is 6.92 Å². The Hall–Kier alpha value is -1.82. The Balaban J connectivity index is 1.85. The van der Waals surface area contributed by atoms with Crippen LogP contribution in [0, 0.1) is 11.8 Å². The van der Waals surface area contributed by atoms with Gasteiger partial charge in [-0.05, 0) is 37.7 Å². The number of pyridine rings is 1. The molecule has 1 saturated carbocycles. The molecule has 2 aliphatic rings. The number of nitrogens with zero attached hydrogens (tertiary/aromatic N) is 2. The van der Waals surface area contributed by atoms with E-state index >= 15 is 0 Å². The maximum absolute atomic E-state index is 12.7. The lowest BCUT2D eigenvalue weighted by Gasteiger charge is -2.24. The molecule has 1 aliphatic heterocycles. The van der Waals surface area contributed by atoms with Crippen molar-refractivity contribution < 1.29 is 19.4 Å². The number of carboxylic acid groups (broad SMARTS) is 1. The minimum atomic E-state index is -0.933. The van der Waals surface area contributed by atoms with Crippen molar-refractivity contribution >= 4 is 23.5 Å². The molecule has 7 heteroatoms. The summed E-state index contributed by atoms with van der Waals surface area (Å²) in [5.41, 5.74) is 0.296. The number of likely N-dealkylation sites (tertiary alicyclic amines) is 1. The molecule has 1 aromatic heterocycles. The van der Waals surface area contributed by atoms with Crippen molar-refractivity contribution in [3.05, 3.63) is 22.8 Å². The summed E-state index contributed by atoms with van der Waals surface area (Å²) < 4.78 is 5.25. The van der Waals surface area contributed by atoms with Gasteiger partial charge in [-0.2, -0.15) is 0 Å². The fourth-order valence-corrected chi connectivity index (χ4v) is 4.00. The first-order valence-corrected chi connectivity index (χ1v) is 8.22. The topological polar surface area (TPSA) is 79.7 Å². The van der Waals surface area contributed by atoms with Crippen LogP contribution in [0.25, 0.3) is 0 Å². The van der Waals surface area contributed by atoms with Gasteiger partial charge in [0.15, 0.2) is 0 Å². The predicted molar refractivity (Wildman–Crippen MR) is 83.7 cm³/mol. The molecule has 0 unspecified atom stereocenters. The highest BCUT2D eigenvalue weighted by atomic mass is 35.5. The monoisotopic (exact) mass is 338 g/mol. The molecule has 1 N–H and O–H groups in total. The van der Waals surface area contributed by atoms with E-state index in [1.165, 1.54) is 17.2 Å². The van der Waals surface area contributed by atoms with Gasteiger partial charge in [0, 0.05) is 12.7 Å². The summed E-state index contributed by atoms with van der Waals surface area (Å²) in [6.07, 6.45) is 4.29. The molecule has 3 rings (SSSR count). The van der Waals surface area contributed by atoms with Crippen molar-refractivity contribution in [1.82, 2.24) is 9.88 Å². The number of aliphatic carboxylic acids is 1. The number of amides is 1. The summed E-state index contributed by atoms with van der Waals surface area (Å²) >= 11 is 6.08. The minimum Gasteiger partial charge on any atom is -0.480 e. The number of carbonyl (C=O) groups is 2. The molecule has 1 amide bonds. The maximum atomic E-state index is 12.7. The number of ether oxygens (including phenoxy) is 1. The molecule has 1 aliphatic carbocycles. The molecule has 6 nitrogen and oxygen atoms in total. The molecule has 0 bridgehead atoms. The molecule has 23 heavy (non-hydrogen) atoms. The van der Waals surface area contributed by atoms with Crippen molar-refractivity contribution in [1.29, 1.82) is 0 Å². The number of hydrogen-bond acceptors (Lipinski definition) is 4. The molecular formula is C16H19ClN2O4. The summed E-state index contributed by atoms with van der Waals surface area (Å²) in [6.45, 7) is 2.74. The Bertz CT molecular complexity index is 637. The van der Waals surface area contributed by atoms with E-state index in [9.17, 15) is 14.7 Å². The SMILES string of the molecule is CCOc1ncc(C(=O)N2C[C@@H]3CCC[C@H]3[C@H]2C(=O)O)cc1Cl. The van der Waals surface area contributed by atoms with Crippen LogP contribution in [0.4, 0.5) is 0 Å². The highest BCUT2D eigenvalue weighted by Crippen LogP contribution is 2.42. The summed E-state index contributed by atoms with van der Waals surface area (Å²) in [5, 5.41) is 9.79. The molecule has 1 saturated heterocycles. The Morgan fingerprint density at radius 1 is 1.48 bits per heavy atom. The molecule has 0 radical (unpaired) electrons. The molecule has 0 spiro atoms. The summed E-state index contributed by atoms with van der Waals surface area (Å²) in [6, 6.07) is 0.745. The van der Waals surface area contributed by atoms with Crippen LogP contribution < -0.4 is 4.74 Å². The maximum Gasteiger partial charge on any atom is 0.326 e. The number of halogens is 1. The standard InChI is InChI=1S/C16H19ClN2O4/c1-2-23-14-12(17)6-10(7-18-14)15(20)19-8-9-4-3-5-11(9)13(19)16(21)22/h6-7,9,11,13H,2-5,8H2,1H3,(H,21,22)/t9-,11+,13-/m0/s1. The quantitative estimate of drug-likeness (QED) is 0.912. The Morgan fingerprint density at radius 3 is 2.91 bits per heavy atom. The van der Waals surface area contributed by atoms with Gasteiger partial charge in [-0.25, -0.2) is 9.78 Å². The van der Waals surface area contributed by atoms with E-state index in [2.05, 4.69) is 4.98 Å². The van der Waals surface area contributed by atoms with E-state index < -0.39 is 12.0 Å². The Labute approximate surface area is 139 Å². The first-order valence-electron chi connectivity index (χ1n) is 7.85. The molecule has 2 fully saturated rings. The van der Waals surface area contributed by atoms with E-state index in [-0.39, 0.29) is 28.6 Å². The Kier molecular flexibility index (Phi) is 4.43. The third-order valence-corrected chi connectivity index (χ3v) is 5.01. The van der Waals surface area contributed by atoms with E-state index in [4.69, 9.17) is 16.3 Å². The average molecular weight is 339 g/mol. The van der Waals surface area contributed by atoms with Crippen LogP contribution in [-0.4, -0.2) is 46.1 Å². The van der Waals surface area contributed by atoms with Crippen LogP contribution in [0.15, 0.2) is 12.3 Å². The van der Waals surface area contributed by atoms with Crippen molar-refractivity contribution in [2.24, 2.45) is 11.8 Å². The summed E-state index contributed by atoms with van der Waals surface area (Å²) in [4.78, 5) is 29.9. The second kappa shape index (κ2) is 6.35. The van der Waals surface area contributed by atoms with Crippen LogP contribution >= 0.6 is 11.6 Å². The van der Waals surface area contributed by atoms with Crippen LogP contribution in [0.2, 0.25) is 5.02 Å². The summed E-state index contributed by atoms with van der Waals surface area (Å²) in [5.74, 6) is -0.644. The second-order valence-corrected chi connectivity index (χ2v) is 6.45. The molecule has 124 valence electrons. The van der Waals surface area contributed by atoms with Gasteiger partial charge in [-0.1, -0.05) is 18.0 Å². The zero-order valence-corrected chi connectivity index (χ0v) is 13.6. The average Bonchev–Trinajstić information content (AvgIpc) is 3.08. The van der Waals surface area contributed by atoms with Gasteiger partial charge < -0.3 is 14.7 Å². The van der Waals surface area contributed by atoms with Crippen LogP contribution in [0.3, 0.4) is 0 Å². The molecule has 0 aromatic carbocycles. The molecular weight excluding hydrogens is 320 g/mol. The lowest BCUT2D eigenvalue weighted by Crippen LogP contribution is -2.43. The van der Waals surface area contributed by atoms with Crippen molar-refractivity contribution in [2.75, 3.05) is 13.2 Å². The van der Waals surface area contributed by atoms with Gasteiger partial charge in [-0.3, -0.25) is 4.79 Å². The van der Waals surface area contributed by atoms with Crippen molar-refractivity contribution in [3.63, 3.8) is 0 Å². The molecule has 2 heterocycles. The summed E-state index contributed by atoms with van der Waals surface area (Å²) in [7, 11) is 0. The van der Waals surface area contributed by atoms with E-state index in [0.29, 0.717) is 18.7 Å². The number of carboxylic acids is 1. The zero-order valence-electron chi connectivity index (χ0n) is 12.9. The smallest absolute Gasteiger partial charge is 0.326 e. The van der Waals surface area contributed by atoms with Gasteiger partial charge in [0.05, 0.1) is 12.2 Å². The van der Waals surface area contributed by atoms with Gasteiger partial charge in [0.25, 0.3) is 5.91 Å². The molecule has 1 aromatic rings. The number of hydrogen-bond donors (Lipinski definition) is 1. The van der Waals surface area contributed by atoms with E-state index in [1.54, 1.807) is 0 Å². The number of rotatable bonds is 4. The van der Waals surface area contributed by atoms with Crippen LogP contribution in [-0.2, 0) is 4.79 Å². The second-order valence-electron chi connectivity index (χ2n) is 6.04. The predicted octanol–water partition coefficient (Wildman–Crippen LogP) is 2.46. The Morgan fingerprint density at radius 2 is 2.26 bits per heavy atom. The fraction of sp³-hybridized carbons (Fsp3) is 0.562. The third-order valence-electron chi connectivity index (χ3n) is 4.74. The lowest BCUT2D eigenvalue weighted by atomic mass is 9.94. The minimum absolute atomic E-state index is 0.0579.